The predicted octanol–water partition coefficient (Wildman–Crippen LogP) is 3.73. The van der Waals surface area contributed by atoms with Gasteiger partial charge in [-0.3, -0.25) is 14.1 Å². The molecule has 0 radical (unpaired) electrons. The quantitative estimate of drug-likeness (QED) is 0.412. The topological polar surface area (TPSA) is 89.0 Å². The molecule has 0 saturated carbocycles. The van der Waals surface area contributed by atoms with Crippen molar-refractivity contribution in [3.8, 4) is 22.8 Å². The molecule has 1 saturated heterocycles. The van der Waals surface area contributed by atoms with E-state index in [9.17, 15) is 9.18 Å². The summed E-state index contributed by atoms with van der Waals surface area (Å²) in [7, 11) is 0. The van der Waals surface area contributed by atoms with Gasteiger partial charge in [-0.25, -0.2) is 14.4 Å². The molecule has 1 aliphatic rings. The molecule has 3 heterocycles. The maximum Gasteiger partial charge on any atom is 0.268 e. The first-order valence-corrected chi connectivity index (χ1v) is 11.3. The van der Waals surface area contributed by atoms with Crippen LogP contribution in [0.3, 0.4) is 0 Å². The molecule has 178 valence electrons. The highest BCUT2D eigenvalue weighted by atomic mass is 19.1. The number of anilines is 1. The van der Waals surface area contributed by atoms with E-state index in [1.165, 1.54) is 12.1 Å². The van der Waals surface area contributed by atoms with Crippen molar-refractivity contribution in [1.29, 1.82) is 0 Å². The van der Waals surface area contributed by atoms with Crippen molar-refractivity contribution >= 4 is 17.4 Å². The summed E-state index contributed by atoms with van der Waals surface area (Å²) in [6, 6.07) is 13.0. The summed E-state index contributed by atoms with van der Waals surface area (Å²) in [5, 5.41) is 0. The summed E-state index contributed by atoms with van der Waals surface area (Å²) in [5.74, 6) is 0.909. The number of nitrogens with two attached hydrogens (primary N) is 1. The summed E-state index contributed by atoms with van der Waals surface area (Å²) in [6.07, 6.45) is 5.27. The van der Waals surface area contributed by atoms with Gasteiger partial charge in [-0.1, -0.05) is 6.08 Å². The summed E-state index contributed by atoms with van der Waals surface area (Å²) < 4.78 is 20.6. The lowest BCUT2D eigenvalue weighted by Crippen LogP contribution is -2.46. The van der Waals surface area contributed by atoms with Crippen molar-refractivity contribution in [2.45, 2.75) is 0 Å². The van der Waals surface area contributed by atoms with E-state index >= 15 is 0 Å². The molecular formula is C26H25FN6O2. The Morgan fingerprint density at radius 3 is 2.34 bits per heavy atom. The fraction of sp³-hybridized carbons (Fsp3) is 0.192. The van der Waals surface area contributed by atoms with Crippen molar-refractivity contribution in [3.05, 3.63) is 85.1 Å². The first-order chi connectivity index (χ1) is 17.0. The molecule has 2 aromatic heterocycles. The number of amides is 1. The second-order valence-electron chi connectivity index (χ2n) is 8.27. The number of primary amides is 1. The Morgan fingerprint density at radius 1 is 1.06 bits per heavy atom. The zero-order valence-corrected chi connectivity index (χ0v) is 19.1. The molecule has 8 nitrogen and oxygen atoms in total. The van der Waals surface area contributed by atoms with Crippen LogP contribution < -0.4 is 15.4 Å². The Balaban J connectivity index is 1.46. The van der Waals surface area contributed by atoms with Gasteiger partial charge in [0, 0.05) is 50.7 Å². The third-order valence-corrected chi connectivity index (χ3v) is 5.99. The molecule has 9 heteroatoms. The summed E-state index contributed by atoms with van der Waals surface area (Å²) in [6.45, 7) is 8.04. The number of aromatic nitrogens is 3. The van der Waals surface area contributed by atoms with Crippen LogP contribution in [0, 0.1) is 5.82 Å². The third kappa shape index (κ3) is 4.58. The molecule has 0 atom stereocenters. The van der Waals surface area contributed by atoms with E-state index in [2.05, 4.69) is 21.4 Å². The minimum absolute atomic E-state index is 0.293. The Morgan fingerprint density at radius 2 is 1.71 bits per heavy atom. The standard InChI is InChI=1S/C26H25FN6O2/c1-2-12-31-14-16-32(17-15-31)25-26-30-22(23(24(28)34)33(26)13-11-29-25)18-3-7-20(8-4-18)35-21-9-5-19(27)6-10-21/h2-11,13H,1,12,14-17H2,(H2,28,34). The lowest BCUT2D eigenvalue weighted by Gasteiger charge is -2.34. The molecular weight excluding hydrogens is 447 g/mol. The monoisotopic (exact) mass is 472 g/mol. The molecule has 1 fully saturated rings. The highest BCUT2D eigenvalue weighted by Crippen LogP contribution is 2.30. The Labute approximate surface area is 202 Å². The number of hydrogen-bond donors (Lipinski definition) is 1. The molecule has 4 aromatic rings. The highest BCUT2D eigenvalue weighted by molar-refractivity contribution is 5.99. The van der Waals surface area contributed by atoms with Crippen molar-refractivity contribution in [1.82, 2.24) is 19.3 Å². The van der Waals surface area contributed by atoms with Crippen molar-refractivity contribution < 1.29 is 13.9 Å². The van der Waals surface area contributed by atoms with Gasteiger partial charge < -0.3 is 15.4 Å². The number of nitrogens with zero attached hydrogens (tertiary/aromatic N) is 5. The molecule has 0 aliphatic carbocycles. The van der Waals surface area contributed by atoms with Gasteiger partial charge in [0.25, 0.3) is 5.91 Å². The molecule has 5 rings (SSSR count). The normalized spacial score (nSPS) is 14.3. The maximum absolute atomic E-state index is 13.1. The molecule has 0 unspecified atom stereocenters. The van der Waals surface area contributed by atoms with Crippen LogP contribution in [0.2, 0.25) is 0 Å². The van der Waals surface area contributed by atoms with Crippen LogP contribution in [0.25, 0.3) is 16.9 Å². The van der Waals surface area contributed by atoms with Crippen LogP contribution in [-0.2, 0) is 0 Å². The number of imidazole rings is 1. The van der Waals surface area contributed by atoms with Gasteiger partial charge in [-0.2, -0.15) is 0 Å². The van der Waals surface area contributed by atoms with Crippen LogP contribution in [0.1, 0.15) is 10.5 Å². The number of carbonyl (C=O) groups excluding carboxylic acids is 1. The second kappa shape index (κ2) is 9.55. The van der Waals surface area contributed by atoms with E-state index in [0.717, 1.165) is 44.1 Å². The lowest BCUT2D eigenvalue weighted by atomic mass is 10.1. The van der Waals surface area contributed by atoms with Gasteiger partial charge in [-0.05, 0) is 48.5 Å². The summed E-state index contributed by atoms with van der Waals surface area (Å²) in [5.41, 5.74) is 7.85. The van der Waals surface area contributed by atoms with Crippen molar-refractivity contribution in [3.63, 3.8) is 0 Å². The van der Waals surface area contributed by atoms with Crippen LogP contribution >= 0.6 is 0 Å². The number of halogens is 1. The average molecular weight is 473 g/mol. The van der Waals surface area contributed by atoms with Gasteiger partial charge in [-0.15, -0.1) is 6.58 Å². The van der Waals surface area contributed by atoms with E-state index in [1.807, 2.05) is 18.2 Å². The first-order valence-electron chi connectivity index (χ1n) is 11.3. The van der Waals surface area contributed by atoms with Crippen LogP contribution in [0.15, 0.2) is 73.6 Å². The molecule has 0 bridgehead atoms. The van der Waals surface area contributed by atoms with Crippen molar-refractivity contribution in [2.24, 2.45) is 5.73 Å². The van der Waals surface area contributed by atoms with Crippen LogP contribution in [0.4, 0.5) is 10.2 Å². The molecule has 1 aliphatic heterocycles. The van der Waals surface area contributed by atoms with Crippen LogP contribution in [-0.4, -0.2) is 57.9 Å². The van der Waals surface area contributed by atoms with Gasteiger partial charge in [0.15, 0.2) is 11.5 Å². The summed E-state index contributed by atoms with van der Waals surface area (Å²) >= 11 is 0. The highest BCUT2D eigenvalue weighted by Gasteiger charge is 2.25. The SMILES string of the molecule is C=CCN1CCN(c2nccn3c(C(N)=O)c(-c4ccc(Oc5ccc(F)cc5)cc4)nc23)CC1. The van der Waals surface area contributed by atoms with E-state index in [0.29, 0.717) is 28.5 Å². The molecule has 1 amide bonds. The number of hydrogen-bond acceptors (Lipinski definition) is 6. The number of carbonyl (C=O) groups is 1. The number of benzene rings is 2. The van der Waals surface area contributed by atoms with E-state index < -0.39 is 5.91 Å². The minimum Gasteiger partial charge on any atom is -0.457 e. The molecule has 2 N–H and O–H groups in total. The van der Waals surface area contributed by atoms with Gasteiger partial charge in [0.2, 0.25) is 0 Å². The smallest absolute Gasteiger partial charge is 0.268 e. The Bertz CT molecular complexity index is 1360. The number of fused-ring (bicyclic) bond motifs is 1. The first kappa shape index (κ1) is 22.5. The van der Waals surface area contributed by atoms with Crippen LogP contribution in [0.5, 0.6) is 11.5 Å². The molecule has 0 spiro atoms. The zero-order valence-electron chi connectivity index (χ0n) is 19.1. The third-order valence-electron chi connectivity index (χ3n) is 5.99. The van der Waals surface area contributed by atoms with E-state index in [1.54, 1.807) is 41.1 Å². The Kier molecular flexibility index (Phi) is 6.15. The van der Waals surface area contributed by atoms with E-state index in [4.69, 9.17) is 15.5 Å². The predicted molar refractivity (Wildman–Crippen MR) is 132 cm³/mol. The zero-order chi connectivity index (χ0) is 24.4. The lowest BCUT2D eigenvalue weighted by molar-refractivity contribution is 0.0995. The van der Waals surface area contributed by atoms with Gasteiger partial charge in [0.05, 0.1) is 0 Å². The fourth-order valence-electron chi connectivity index (χ4n) is 4.27. The number of ether oxygens (including phenoxy) is 1. The molecule has 35 heavy (non-hydrogen) atoms. The number of rotatable bonds is 7. The van der Waals surface area contributed by atoms with Crippen molar-refractivity contribution in [2.75, 3.05) is 37.6 Å². The largest absolute Gasteiger partial charge is 0.457 e. The van der Waals surface area contributed by atoms with Gasteiger partial charge in [0.1, 0.15) is 28.7 Å². The fourth-order valence-corrected chi connectivity index (χ4v) is 4.27. The summed E-state index contributed by atoms with van der Waals surface area (Å²) in [4.78, 5) is 26.4. The number of piperazine rings is 1. The minimum atomic E-state index is -0.577. The maximum atomic E-state index is 13.1. The van der Waals surface area contributed by atoms with Gasteiger partial charge >= 0.3 is 0 Å². The average Bonchev–Trinajstić information content (AvgIpc) is 3.27. The molecule has 2 aromatic carbocycles. The second-order valence-corrected chi connectivity index (χ2v) is 8.27. The Hall–Kier alpha value is -4.24. The van der Waals surface area contributed by atoms with E-state index in [-0.39, 0.29) is 5.82 Å².